The van der Waals surface area contributed by atoms with Gasteiger partial charge in [0.1, 0.15) is 0 Å². The molecule has 48 heavy (non-hydrogen) atoms. The molecule has 282 valence electrons. The molecule has 0 atom stereocenters. The van der Waals surface area contributed by atoms with Crippen LogP contribution in [0.2, 0.25) is 0 Å². The summed E-state index contributed by atoms with van der Waals surface area (Å²) in [6.45, 7) is 5.43. The Labute approximate surface area is 305 Å². The van der Waals surface area contributed by atoms with Crippen LogP contribution in [-0.2, 0) is 19.1 Å². The zero-order chi connectivity index (χ0) is 35.2. The van der Waals surface area contributed by atoms with Crippen molar-refractivity contribution in [2.45, 2.75) is 194 Å². The molecule has 0 unspecified atom stereocenters. The van der Waals surface area contributed by atoms with Crippen molar-refractivity contribution in [2.24, 2.45) is 11.5 Å². The van der Waals surface area contributed by atoms with Gasteiger partial charge in [0.15, 0.2) is 0 Å². The van der Waals surface area contributed by atoms with Crippen LogP contribution in [0.4, 0.5) is 0 Å². The number of ether oxygens (including phenoxy) is 2. The fourth-order valence-electron chi connectivity index (χ4n) is 5.57. The molecule has 0 saturated carbocycles. The maximum atomic E-state index is 12.0. The van der Waals surface area contributed by atoms with Crippen molar-refractivity contribution < 1.29 is 19.1 Å². The molecule has 0 saturated heterocycles. The number of carbonyl (C=O) groups is 2. The van der Waals surface area contributed by atoms with Crippen LogP contribution in [0, 0.1) is 0 Å². The zero-order valence-corrected chi connectivity index (χ0v) is 33.0. The molecule has 0 radical (unpaired) electrons. The number of hydrogen-bond donors (Lipinski definition) is 2. The SMILES string of the molecule is CCCCCCCCCCCCS/C(N)=C\C(=O)OCCCCCCCCCCOC(=O)/C=C(/N)SCCCCCCCCCCCC. The normalized spacial score (nSPS) is 12.0. The molecule has 6 nitrogen and oxygen atoms in total. The Morgan fingerprint density at radius 2 is 0.667 bits per heavy atom. The summed E-state index contributed by atoms with van der Waals surface area (Å²) in [7, 11) is 0. The smallest absolute Gasteiger partial charge is 0.333 e. The summed E-state index contributed by atoms with van der Waals surface area (Å²) in [5.74, 6) is 1.26. The molecule has 0 aliphatic heterocycles. The highest BCUT2D eigenvalue weighted by atomic mass is 32.2. The van der Waals surface area contributed by atoms with Crippen molar-refractivity contribution >= 4 is 35.5 Å². The minimum Gasteiger partial charge on any atom is -0.462 e. The Kier molecular flexibility index (Phi) is 37.5. The third-order valence-corrected chi connectivity index (χ3v) is 10.5. The van der Waals surface area contributed by atoms with Crippen LogP contribution >= 0.6 is 23.5 Å². The summed E-state index contributed by atoms with van der Waals surface area (Å²) in [5.41, 5.74) is 12.0. The Morgan fingerprint density at radius 3 is 0.958 bits per heavy atom. The number of carbonyl (C=O) groups excluding carboxylic acids is 2. The van der Waals surface area contributed by atoms with E-state index < -0.39 is 0 Å². The largest absolute Gasteiger partial charge is 0.462 e. The highest BCUT2D eigenvalue weighted by molar-refractivity contribution is 8.03. The summed E-state index contributed by atoms with van der Waals surface area (Å²) in [4.78, 5) is 24.0. The third kappa shape index (κ3) is 37.5. The van der Waals surface area contributed by atoms with Crippen molar-refractivity contribution in [1.82, 2.24) is 0 Å². The maximum absolute atomic E-state index is 12.0. The van der Waals surface area contributed by atoms with Crippen LogP contribution < -0.4 is 11.5 Å². The fraction of sp³-hybridized carbons (Fsp3) is 0.850. The van der Waals surface area contributed by atoms with E-state index in [4.69, 9.17) is 20.9 Å². The van der Waals surface area contributed by atoms with Gasteiger partial charge in [0.05, 0.1) is 35.4 Å². The van der Waals surface area contributed by atoms with Gasteiger partial charge in [0, 0.05) is 0 Å². The van der Waals surface area contributed by atoms with Gasteiger partial charge < -0.3 is 20.9 Å². The Bertz CT molecular complexity index is 727. The molecule has 0 heterocycles. The van der Waals surface area contributed by atoms with Gasteiger partial charge in [0.2, 0.25) is 0 Å². The molecule has 0 aromatic heterocycles. The molecule has 0 aliphatic carbocycles. The molecule has 0 rings (SSSR count). The lowest BCUT2D eigenvalue weighted by Crippen LogP contribution is -2.06. The minimum atomic E-state index is -0.329. The monoisotopic (exact) mass is 713 g/mol. The molecule has 0 spiro atoms. The second kappa shape index (κ2) is 38.5. The molecule has 0 aromatic rings. The molecule has 0 fully saturated rings. The Balaban J connectivity index is 3.50. The first-order chi connectivity index (χ1) is 23.5. The van der Waals surface area contributed by atoms with E-state index >= 15 is 0 Å². The molecule has 0 aliphatic rings. The van der Waals surface area contributed by atoms with E-state index in [0.29, 0.717) is 23.3 Å². The second-order valence-corrected chi connectivity index (χ2v) is 15.7. The van der Waals surface area contributed by atoms with Crippen molar-refractivity contribution in [3.05, 3.63) is 22.2 Å². The van der Waals surface area contributed by atoms with Crippen molar-refractivity contribution in [3.63, 3.8) is 0 Å². The van der Waals surface area contributed by atoms with Gasteiger partial charge >= 0.3 is 11.9 Å². The van der Waals surface area contributed by atoms with Crippen LogP contribution in [0.1, 0.15) is 194 Å². The van der Waals surface area contributed by atoms with Crippen molar-refractivity contribution in [1.29, 1.82) is 0 Å². The van der Waals surface area contributed by atoms with Crippen molar-refractivity contribution in [3.8, 4) is 0 Å². The maximum Gasteiger partial charge on any atom is 0.333 e. The second-order valence-electron chi connectivity index (χ2n) is 13.3. The molecule has 0 amide bonds. The van der Waals surface area contributed by atoms with Gasteiger partial charge in [-0.25, -0.2) is 9.59 Å². The molecule has 8 heteroatoms. The van der Waals surface area contributed by atoms with Gasteiger partial charge in [-0.15, -0.1) is 23.5 Å². The van der Waals surface area contributed by atoms with Crippen LogP contribution in [0.25, 0.3) is 0 Å². The highest BCUT2D eigenvalue weighted by Crippen LogP contribution is 2.17. The number of rotatable bonds is 37. The van der Waals surface area contributed by atoms with E-state index in [-0.39, 0.29) is 11.9 Å². The average Bonchev–Trinajstić information content (AvgIpc) is 3.06. The quantitative estimate of drug-likeness (QED) is 0.0372. The molecule has 0 bridgehead atoms. The van der Waals surface area contributed by atoms with Gasteiger partial charge in [-0.3, -0.25) is 0 Å². The van der Waals surface area contributed by atoms with Crippen LogP contribution in [0.15, 0.2) is 22.2 Å². The van der Waals surface area contributed by atoms with Gasteiger partial charge in [0.25, 0.3) is 0 Å². The highest BCUT2D eigenvalue weighted by Gasteiger charge is 2.04. The average molecular weight is 713 g/mol. The summed E-state index contributed by atoms with van der Waals surface area (Å²) in [6, 6.07) is 0. The van der Waals surface area contributed by atoms with E-state index in [1.165, 1.54) is 141 Å². The Hall–Kier alpha value is -1.28. The molecule has 4 N–H and O–H groups in total. The lowest BCUT2D eigenvalue weighted by atomic mass is 10.1. The topological polar surface area (TPSA) is 105 Å². The first kappa shape index (κ1) is 46.7. The van der Waals surface area contributed by atoms with Crippen LogP contribution in [0.5, 0.6) is 0 Å². The number of hydrogen-bond acceptors (Lipinski definition) is 8. The van der Waals surface area contributed by atoms with Gasteiger partial charge in [-0.05, 0) is 37.2 Å². The Morgan fingerprint density at radius 1 is 0.417 bits per heavy atom. The standard InChI is InChI=1S/C40H76N2O4S2/c1-3-5-7-9-11-13-17-21-25-29-33-47-37(41)35-39(43)45-31-27-23-19-15-16-20-24-28-32-46-40(44)36-38(42)48-34-30-26-22-18-14-12-10-8-6-4-2/h35-36H,3-34,41-42H2,1-2H3/b37-35-,38-36-. The lowest BCUT2D eigenvalue weighted by molar-refractivity contribution is -0.138. The van der Waals surface area contributed by atoms with E-state index in [0.717, 1.165) is 62.9 Å². The molecular weight excluding hydrogens is 637 g/mol. The number of nitrogens with two attached hydrogens (primary N) is 2. The lowest BCUT2D eigenvalue weighted by Gasteiger charge is -2.05. The van der Waals surface area contributed by atoms with E-state index in [2.05, 4.69) is 13.8 Å². The van der Waals surface area contributed by atoms with Gasteiger partial charge in [-0.2, -0.15) is 0 Å². The van der Waals surface area contributed by atoms with Crippen LogP contribution in [-0.4, -0.2) is 36.7 Å². The first-order valence-corrected chi connectivity index (χ1v) is 22.0. The minimum absolute atomic E-state index is 0.329. The van der Waals surface area contributed by atoms with E-state index in [9.17, 15) is 9.59 Å². The predicted molar refractivity (Wildman–Crippen MR) is 212 cm³/mol. The summed E-state index contributed by atoms with van der Waals surface area (Å²) < 4.78 is 10.6. The van der Waals surface area contributed by atoms with Crippen molar-refractivity contribution in [2.75, 3.05) is 24.7 Å². The summed E-state index contributed by atoms with van der Waals surface area (Å²) >= 11 is 3.11. The van der Waals surface area contributed by atoms with E-state index in [1.807, 2.05) is 0 Å². The van der Waals surface area contributed by atoms with Gasteiger partial charge in [-0.1, -0.05) is 168 Å². The number of esters is 2. The summed E-state index contributed by atoms with van der Waals surface area (Å²) in [6.07, 6.45) is 37.8. The summed E-state index contributed by atoms with van der Waals surface area (Å²) in [5, 5.41) is 1.11. The fourth-order valence-corrected chi connectivity index (χ4v) is 7.10. The number of thioether (sulfide) groups is 2. The van der Waals surface area contributed by atoms with E-state index in [1.54, 1.807) is 23.5 Å². The zero-order valence-electron chi connectivity index (χ0n) is 31.4. The molecule has 0 aromatic carbocycles. The molecular formula is C40H76N2O4S2. The third-order valence-electron chi connectivity index (χ3n) is 8.58. The number of unbranched alkanes of at least 4 members (excludes halogenated alkanes) is 25. The predicted octanol–water partition coefficient (Wildman–Crippen LogP) is 12.1. The van der Waals surface area contributed by atoms with Crippen LogP contribution in [0.3, 0.4) is 0 Å². The first-order valence-electron chi connectivity index (χ1n) is 20.0.